The summed E-state index contributed by atoms with van der Waals surface area (Å²) >= 11 is 0. The number of carbonyl (C=O) groups excluding carboxylic acids is 1. The van der Waals surface area contributed by atoms with E-state index in [9.17, 15) is 20.2 Å². The molecule has 2 rings (SSSR count). The van der Waals surface area contributed by atoms with Crippen LogP contribution in [0.5, 0.6) is 11.5 Å². The molecule has 0 aliphatic heterocycles. The van der Waals surface area contributed by atoms with Gasteiger partial charge >= 0.3 is 0 Å². The smallest absolute Gasteiger partial charge is 0.269 e. The Morgan fingerprint density at radius 1 is 1.27 bits per heavy atom. The van der Waals surface area contributed by atoms with E-state index < -0.39 is 10.8 Å². The maximum absolute atomic E-state index is 12.2. The van der Waals surface area contributed by atoms with E-state index in [1.165, 1.54) is 25.3 Å². The third-order valence-electron chi connectivity index (χ3n) is 4.40. The van der Waals surface area contributed by atoms with E-state index in [0.717, 1.165) is 12.0 Å². The van der Waals surface area contributed by atoms with E-state index in [1.54, 1.807) is 30.3 Å². The summed E-state index contributed by atoms with van der Waals surface area (Å²) in [5.41, 5.74) is 1.39. The highest BCUT2D eigenvalue weighted by Crippen LogP contribution is 2.30. The molecule has 0 fully saturated rings. The second kappa shape index (κ2) is 10.6. The lowest BCUT2D eigenvalue weighted by Gasteiger charge is -2.12. The van der Waals surface area contributed by atoms with Gasteiger partial charge in [-0.1, -0.05) is 13.0 Å². The number of carbonyl (C=O) groups is 1. The molecule has 2 aromatic carbocycles. The second-order valence-electron chi connectivity index (χ2n) is 6.58. The molecule has 30 heavy (non-hydrogen) atoms. The van der Waals surface area contributed by atoms with Crippen molar-refractivity contribution in [3.8, 4) is 17.6 Å². The summed E-state index contributed by atoms with van der Waals surface area (Å²) in [6.45, 7) is 4.01. The normalized spacial score (nSPS) is 11.9. The zero-order valence-electron chi connectivity index (χ0n) is 17.0. The van der Waals surface area contributed by atoms with Crippen LogP contribution < -0.4 is 14.8 Å². The van der Waals surface area contributed by atoms with Crippen molar-refractivity contribution in [2.24, 2.45) is 0 Å². The molecule has 1 amide bonds. The predicted octanol–water partition coefficient (Wildman–Crippen LogP) is 4.00. The standard InChI is InChI=1S/C22H23N3O5/c1-4-15(2)24-22(26)18(13-23)11-17-7-10-20(21(12-17)29-3)30-14-16-5-8-19(9-6-16)25(27)28/h5-12,15H,4,14H2,1-3H3,(H,24,26)/b18-11+/t15-/m0/s1. The number of nitro benzene ring substituents is 1. The second-order valence-corrected chi connectivity index (χ2v) is 6.58. The lowest BCUT2D eigenvalue weighted by atomic mass is 10.1. The fourth-order valence-electron chi connectivity index (χ4n) is 2.49. The molecule has 0 heterocycles. The Hall–Kier alpha value is -3.86. The third-order valence-corrected chi connectivity index (χ3v) is 4.40. The Bertz CT molecular complexity index is 977. The molecule has 8 heteroatoms. The molecule has 0 saturated heterocycles. The van der Waals surface area contributed by atoms with E-state index in [1.807, 2.05) is 19.9 Å². The summed E-state index contributed by atoms with van der Waals surface area (Å²) in [5.74, 6) is 0.477. The number of non-ortho nitro benzene ring substituents is 1. The summed E-state index contributed by atoms with van der Waals surface area (Å²) in [4.78, 5) is 22.5. The van der Waals surface area contributed by atoms with Gasteiger partial charge in [0.15, 0.2) is 11.5 Å². The monoisotopic (exact) mass is 409 g/mol. The molecule has 1 N–H and O–H groups in total. The lowest BCUT2D eigenvalue weighted by molar-refractivity contribution is -0.384. The van der Waals surface area contributed by atoms with Crippen LogP contribution in [0.15, 0.2) is 48.0 Å². The predicted molar refractivity (Wildman–Crippen MR) is 112 cm³/mol. The number of rotatable bonds is 9. The Morgan fingerprint density at radius 2 is 1.97 bits per heavy atom. The largest absolute Gasteiger partial charge is 0.493 e. The topological polar surface area (TPSA) is 114 Å². The van der Waals surface area contributed by atoms with Crippen LogP contribution in [0, 0.1) is 21.4 Å². The quantitative estimate of drug-likeness (QED) is 0.290. The SMILES string of the molecule is CC[C@H](C)NC(=O)/C(C#N)=C/c1ccc(OCc2ccc([N+](=O)[O-])cc2)c(OC)c1. The molecule has 2 aromatic rings. The van der Waals surface area contributed by atoms with Crippen molar-refractivity contribution in [2.75, 3.05) is 7.11 Å². The summed E-state index contributed by atoms with van der Waals surface area (Å²) in [5, 5.41) is 22.8. The van der Waals surface area contributed by atoms with Crippen LogP contribution in [0.4, 0.5) is 5.69 Å². The number of amides is 1. The maximum Gasteiger partial charge on any atom is 0.269 e. The van der Waals surface area contributed by atoms with Crippen LogP contribution in [-0.2, 0) is 11.4 Å². The van der Waals surface area contributed by atoms with Crippen molar-refractivity contribution in [2.45, 2.75) is 32.9 Å². The van der Waals surface area contributed by atoms with Crippen LogP contribution in [0.25, 0.3) is 6.08 Å². The number of hydrogen-bond donors (Lipinski definition) is 1. The van der Waals surface area contributed by atoms with Crippen LogP contribution in [0.1, 0.15) is 31.4 Å². The fourth-order valence-corrected chi connectivity index (χ4v) is 2.49. The van der Waals surface area contributed by atoms with Crippen molar-refractivity contribution in [1.29, 1.82) is 5.26 Å². The number of nitro groups is 1. The molecule has 0 saturated carbocycles. The molecule has 0 unspecified atom stereocenters. The number of hydrogen-bond acceptors (Lipinski definition) is 6. The Kier molecular flexibility index (Phi) is 7.94. The Balaban J connectivity index is 2.14. The molecule has 0 radical (unpaired) electrons. The summed E-state index contributed by atoms with van der Waals surface area (Å²) in [6, 6.07) is 13.0. The van der Waals surface area contributed by atoms with Gasteiger partial charge in [0.25, 0.3) is 11.6 Å². The molecule has 1 atom stereocenters. The van der Waals surface area contributed by atoms with Gasteiger partial charge in [-0.3, -0.25) is 14.9 Å². The molecule has 0 aliphatic carbocycles. The van der Waals surface area contributed by atoms with Gasteiger partial charge in [0.1, 0.15) is 18.2 Å². The first-order valence-electron chi connectivity index (χ1n) is 9.34. The molecule has 0 aliphatic rings. The zero-order chi connectivity index (χ0) is 22.1. The highest BCUT2D eigenvalue weighted by Gasteiger charge is 2.13. The van der Waals surface area contributed by atoms with Crippen molar-refractivity contribution in [3.05, 3.63) is 69.3 Å². The number of ether oxygens (including phenoxy) is 2. The van der Waals surface area contributed by atoms with Crippen molar-refractivity contribution in [1.82, 2.24) is 5.32 Å². The Morgan fingerprint density at radius 3 is 2.53 bits per heavy atom. The van der Waals surface area contributed by atoms with Gasteiger partial charge in [-0.25, -0.2) is 0 Å². The summed E-state index contributed by atoms with van der Waals surface area (Å²) in [6.07, 6.45) is 2.25. The number of nitriles is 1. The van der Waals surface area contributed by atoms with Crippen LogP contribution in [0.2, 0.25) is 0 Å². The van der Waals surface area contributed by atoms with Crippen molar-refractivity contribution < 1.29 is 19.2 Å². The zero-order valence-corrected chi connectivity index (χ0v) is 17.0. The van der Waals surface area contributed by atoms with Gasteiger partial charge < -0.3 is 14.8 Å². The first-order chi connectivity index (χ1) is 14.4. The van der Waals surface area contributed by atoms with E-state index in [0.29, 0.717) is 17.1 Å². The van der Waals surface area contributed by atoms with E-state index in [-0.39, 0.29) is 23.9 Å². The minimum atomic E-state index is -0.460. The van der Waals surface area contributed by atoms with Crippen LogP contribution in [-0.4, -0.2) is 24.0 Å². The average Bonchev–Trinajstić information content (AvgIpc) is 2.76. The molecule has 0 bridgehead atoms. The first kappa shape index (κ1) is 22.4. The lowest BCUT2D eigenvalue weighted by Crippen LogP contribution is -2.32. The molecule has 0 spiro atoms. The van der Waals surface area contributed by atoms with Crippen LogP contribution >= 0.6 is 0 Å². The average molecular weight is 409 g/mol. The Labute approximate surface area is 174 Å². The van der Waals surface area contributed by atoms with Gasteiger partial charge in [0.2, 0.25) is 0 Å². The van der Waals surface area contributed by atoms with Crippen molar-refractivity contribution >= 4 is 17.7 Å². The molecular weight excluding hydrogens is 386 g/mol. The number of nitrogens with zero attached hydrogens (tertiary/aromatic N) is 2. The van der Waals surface area contributed by atoms with Gasteiger partial charge in [0.05, 0.1) is 12.0 Å². The third kappa shape index (κ3) is 6.07. The molecule has 8 nitrogen and oxygen atoms in total. The van der Waals surface area contributed by atoms with Gasteiger partial charge in [0, 0.05) is 18.2 Å². The highest BCUT2D eigenvalue weighted by atomic mass is 16.6. The minimum absolute atomic E-state index is 0.00287. The first-order valence-corrected chi connectivity index (χ1v) is 9.34. The maximum atomic E-state index is 12.2. The van der Waals surface area contributed by atoms with Crippen LogP contribution in [0.3, 0.4) is 0 Å². The minimum Gasteiger partial charge on any atom is -0.493 e. The number of benzene rings is 2. The molecular formula is C22H23N3O5. The van der Waals surface area contributed by atoms with Crippen molar-refractivity contribution in [3.63, 3.8) is 0 Å². The van der Waals surface area contributed by atoms with Gasteiger partial charge in [-0.2, -0.15) is 5.26 Å². The molecule has 0 aromatic heterocycles. The number of nitrogens with one attached hydrogen (secondary N) is 1. The summed E-state index contributed by atoms with van der Waals surface area (Å²) < 4.78 is 11.1. The van der Waals surface area contributed by atoms with Gasteiger partial charge in [-0.15, -0.1) is 0 Å². The fraction of sp³-hybridized carbons (Fsp3) is 0.273. The summed E-state index contributed by atoms with van der Waals surface area (Å²) in [7, 11) is 1.49. The van der Waals surface area contributed by atoms with E-state index >= 15 is 0 Å². The van der Waals surface area contributed by atoms with E-state index in [2.05, 4.69) is 5.32 Å². The highest BCUT2D eigenvalue weighted by molar-refractivity contribution is 6.01. The van der Waals surface area contributed by atoms with E-state index in [4.69, 9.17) is 9.47 Å². The van der Waals surface area contributed by atoms with Gasteiger partial charge in [-0.05, 0) is 54.8 Å². The number of methoxy groups -OCH3 is 1. The molecule has 156 valence electrons.